The molecule has 0 saturated carbocycles. The molecular weight excluding hydrogens is 348 g/mol. The Morgan fingerprint density at radius 1 is 1.07 bits per heavy atom. The Morgan fingerprint density at radius 2 is 1.74 bits per heavy atom. The van der Waals surface area contributed by atoms with E-state index < -0.39 is 6.10 Å². The fourth-order valence-electron chi connectivity index (χ4n) is 3.67. The number of hydrogen-bond donors (Lipinski definition) is 1. The van der Waals surface area contributed by atoms with E-state index in [2.05, 4.69) is 22.3 Å². The third kappa shape index (κ3) is 5.28. The number of rotatable bonds is 7. The third-order valence-corrected chi connectivity index (χ3v) is 5.34. The van der Waals surface area contributed by atoms with Gasteiger partial charge in [-0.25, -0.2) is 0 Å². The Morgan fingerprint density at radius 3 is 2.33 bits per heavy atom. The second-order valence-corrected chi connectivity index (χ2v) is 7.10. The number of amides is 2. The molecule has 0 aromatic heterocycles. The van der Waals surface area contributed by atoms with Crippen LogP contribution in [0.3, 0.4) is 0 Å². The van der Waals surface area contributed by atoms with Crippen molar-refractivity contribution in [3.8, 4) is 5.75 Å². The van der Waals surface area contributed by atoms with Crippen molar-refractivity contribution in [2.75, 3.05) is 33.9 Å². The van der Waals surface area contributed by atoms with Gasteiger partial charge in [-0.2, -0.15) is 0 Å². The molecule has 2 fully saturated rings. The minimum Gasteiger partial charge on any atom is -0.481 e. The Hall–Kier alpha value is -1.96. The lowest BCUT2D eigenvalue weighted by Gasteiger charge is -2.33. The minimum atomic E-state index is -0.591. The van der Waals surface area contributed by atoms with Crippen LogP contribution in [0.2, 0.25) is 0 Å². The van der Waals surface area contributed by atoms with Crippen molar-refractivity contribution in [2.24, 2.45) is 0 Å². The molecule has 2 saturated heterocycles. The zero-order valence-corrected chi connectivity index (χ0v) is 16.0. The summed E-state index contributed by atoms with van der Waals surface area (Å²) in [5.41, 5.74) is 1.29. The largest absolute Gasteiger partial charge is 0.481 e. The molecule has 3 rings (SSSR count). The average Bonchev–Trinajstić information content (AvgIpc) is 2.69. The molecule has 1 aromatic rings. The van der Waals surface area contributed by atoms with E-state index >= 15 is 0 Å². The van der Waals surface area contributed by atoms with Gasteiger partial charge in [0.15, 0.2) is 12.4 Å². The van der Waals surface area contributed by atoms with Crippen LogP contribution in [-0.4, -0.2) is 63.0 Å². The first-order valence-corrected chi connectivity index (χ1v) is 9.47. The number of carbonyl (C=O) groups is 2. The molecule has 2 amide bonds. The van der Waals surface area contributed by atoms with E-state index in [0.717, 1.165) is 32.5 Å². The number of imide groups is 1. The Bertz CT molecular complexity index is 636. The second kappa shape index (κ2) is 9.30. The fraction of sp³-hybridized carbons (Fsp3) is 0.600. The molecule has 1 atom stereocenters. The Balaban J connectivity index is 1.49. The van der Waals surface area contributed by atoms with Crippen molar-refractivity contribution < 1.29 is 23.8 Å². The van der Waals surface area contributed by atoms with Crippen molar-refractivity contribution in [1.29, 1.82) is 0 Å². The van der Waals surface area contributed by atoms with Crippen LogP contribution in [0.4, 0.5) is 0 Å². The maximum Gasteiger partial charge on any atom is 0.267 e. The molecule has 1 unspecified atom stereocenters. The Labute approximate surface area is 160 Å². The van der Waals surface area contributed by atoms with Gasteiger partial charge in [0.2, 0.25) is 5.91 Å². The minimum absolute atomic E-state index is 0.176. The highest BCUT2D eigenvalue weighted by atomic mass is 16.7. The molecule has 2 aliphatic heterocycles. The smallest absolute Gasteiger partial charge is 0.267 e. The first-order chi connectivity index (χ1) is 13.1. The van der Waals surface area contributed by atoms with Crippen molar-refractivity contribution in [3.05, 3.63) is 29.8 Å². The third-order valence-electron chi connectivity index (χ3n) is 5.34. The summed E-state index contributed by atoms with van der Waals surface area (Å²) in [4.78, 5) is 25.4. The van der Waals surface area contributed by atoms with E-state index in [9.17, 15) is 9.59 Å². The monoisotopic (exact) mass is 376 g/mol. The molecule has 2 heterocycles. The molecule has 0 spiro atoms. The van der Waals surface area contributed by atoms with E-state index in [1.807, 2.05) is 12.1 Å². The summed E-state index contributed by atoms with van der Waals surface area (Å²) >= 11 is 0. The van der Waals surface area contributed by atoms with Gasteiger partial charge in [0, 0.05) is 33.6 Å². The molecule has 7 nitrogen and oxygen atoms in total. The van der Waals surface area contributed by atoms with Crippen LogP contribution in [-0.2, 0) is 19.1 Å². The van der Waals surface area contributed by atoms with E-state index in [0.29, 0.717) is 24.5 Å². The fourth-order valence-corrected chi connectivity index (χ4v) is 3.67. The first-order valence-electron chi connectivity index (χ1n) is 9.47. The first kappa shape index (κ1) is 19.8. The van der Waals surface area contributed by atoms with Gasteiger partial charge < -0.3 is 14.2 Å². The van der Waals surface area contributed by atoms with Crippen molar-refractivity contribution >= 4 is 11.8 Å². The van der Waals surface area contributed by atoms with Gasteiger partial charge in [-0.15, -0.1) is 0 Å². The molecule has 2 aliphatic rings. The number of nitrogens with zero attached hydrogens (tertiary/aromatic N) is 1. The Kier molecular flexibility index (Phi) is 6.82. The van der Waals surface area contributed by atoms with Crippen LogP contribution in [0.15, 0.2) is 24.3 Å². The molecule has 148 valence electrons. The lowest BCUT2D eigenvalue weighted by molar-refractivity contribution is -0.138. The van der Waals surface area contributed by atoms with Crippen molar-refractivity contribution in [2.45, 2.75) is 44.0 Å². The summed E-state index contributed by atoms with van der Waals surface area (Å²) in [7, 11) is 3.33. The molecular formula is C20H28N2O5. The van der Waals surface area contributed by atoms with Crippen LogP contribution >= 0.6 is 0 Å². The summed E-state index contributed by atoms with van der Waals surface area (Å²) in [6.45, 7) is 2.82. The molecule has 0 aliphatic carbocycles. The van der Waals surface area contributed by atoms with Crippen molar-refractivity contribution in [1.82, 2.24) is 10.2 Å². The lowest BCUT2D eigenvalue weighted by atomic mass is 9.89. The molecule has 0 radical (unpaired) electrons. The van der Waals surface area contributed by atoms with E-state index in [1.165, 1.54) is 5.56 Å². The number of piperidine rings is 2. The SMILES string of the molecule is COC(CN1CCC(c2ccc(OC3CCC(=O)NC3=O)cc2)CC1)OC. The van der Waals surface area contributed by atoms with Crippen molar-refractivity contribution in [3.63, 3.8) is 0 Å². The maximum atomic E-state index is 11.8. The lowest BCUT2D eigenvalue weighted by Crippen LogP contribution is -2.46. The highest BCUT2D eigenvalue weighted by Crippen LogP contribution is 2.29. The van der Waals surface area contributed by atoms with Gasteiger partial charge in [0.05, 0.1) is 0 Å². The van der Waals surface area contributed by atoms with Crippen LogP contribution < -0.4 is 10.1 Å². The summed E-state index contributed by atoms with van der Waals surface area (Å²) < 4.78 is 16.3. The topological polar surface area (TPSA) is 77.1 Å². The van der Waals surface area contributed by atoms with Crippen LogP contribution in [0.1, 0.15) is 37.2 Å². The standard InChI is InChI=1S/C20H28N2O5/c1-25-19(26-2)13-22-11-9-15(10-12-22)14-3-5-16(6-4-14)27-17-7-8-18(23)21-20(17)24/h3-6,15,17,19H,7-13H2,1-2H3,(H,21,23,24). The maximum absolute atomic E-state index is 11.8. The summed E-state index contributed by atoms with van der Waals surface area (Å²) in [6.07, 6.45) is 2.16. The number of hydrogen-bond acceptors (Lipinski definition) is 6. The summed E-state index contributed by atoms with van der Waals surface area (Å²) in [5.74, 6) is 0.597. The van der Waals surface area contributed by atoms with Gasteiger partial charge in [-0.05, 0) is 49.5 Å². The quantitative estimate of drug-likeness (QED) is 0.576. The molecule has 1 aromatic carbocycles. The number of likely N-dealkylation sites (tertiary alicyclic amines) is 1. The number of benzene rings is 1. The van der Waals surface area contributed by atoms with Gasteiger partial charge in [-0.3, -0.25) is 19.8 Å². The number of carbonyl (C=O) groups excluding carboxylic acids is 2. The molecule has 7 heteroatoms. The summed E-state index contributed by atoms with van der Waals surface area (Å²) in [5, 5.41) is 2.31. The molecule has 0 bridgehead atoms. The van der Waals surface area contributed by atoms with Gasteiger partial charge in [0.1, 0.15) is 5.75 Å². The normalized spacial score (nSPS) is 22.1. The zero-order chi connectivity index (χ0) is 19.2. The van der Waals surface area contributed by atoms with E-state index in [-0.39, 0.29) is 18.1 Å². The van der Waals surface area contributed by atoms with Gasteiger partial charge in [0.25, 0.3) is 5.91 Å². The number of nitrogens with one attached hydrogen (secondary N) is 1. The highest BCUT2D eigenvalue weighted by Gasteiger charge is 2.28. The predicted molar refractivity (Wildman–Crippen MR) is 99.5 cm³/mol. The van der Waals surface area contributed by atoms with Crippen LogP contribution in [0, 0.1) is 0 Å². The predicted octanol–water partition coefficient (Wildman–Crippen LogP) is 1.67. The van der Waals surface area contributed by atoms with Crippen LogP contribution in [0.25, 0.3) is 0 Å². The number of methoxy groups -OCH3 is 2. The molecule has 1 N–H and O–H groups in total. The van der Waals surface area contributed by atoms with Gasteiger partial charge in [-0.1, -0.05) is 12.1 Å². The highest BCUT2D eigenvalue weighted by molar-refractivity contribution is 5.99. The van der Waals surface area contributed by atoms with Crippen LogP contribution in [0.5, 0.6) is 5.75 Å². The zero-order valence-electron chi connectivity index (χ0n) is 16.0. The number of ether oxygens (including phenoxy) is 3. The van der Waals surface area contributed by atoms with Gasteiger partial charge >= 0.3 is 0 Å². The average molecular weight is 376 g/mol. The van der Waals surface area contributed by atoms with E-state index in [1.54, 1.807) is 14.2 Å². The summed E-state index contributed by atoms with van der Waals surface area (Å²) in [6, 6.07) is 7.98. The second-order valence-electron chi connectivity index (χ2n) is 7.10. The molecule has 27 heavy (non-hydrogen) atoms. The van der Waals surface area contributed by atoms with E-state index in [4.69, 9.17) is 14.2 Å².